The summed E-state index contributed by atoms with van der Waals surface area (Å²) in [5.41, 5.74) is 6.00. The zero-order chi connectivity index (χ0) is 14.8. The highest BCUT2D eigenvalue weighted by Gasteiger charge is 2.35. The van der Waals surface area contributed by atoms with Gasteiger partial charge >= 0.3 is 0 Å². The van der Waals surface area contributed by atoms with Crippen molar-refractivity contribution >= 4 is 5.91 Å². The molecule has 0 saturated carbocycles. The van der Waals surface area contributed by atoms with Gasteiger partial charge in [-0.1, -0.05) is 34.6 Å². The Morgan fingerprint density at radius 2 is 1.89 bits per heavy atom. The monoisotopic (exact) mass is 268 g/mol. The molecule has 1 heterocycles. The molecule has 1 aliphatic heterocycles. The first-order chi connectivity index (χ1) is 8.65. The molecule has 19 heavy (non-hydrogen) atoms. The van der Waals surface area contributed by atoms with Crippen LogP contribution in [0.3, 0.4) is 0 Å². The molecule has 4 atom stereocenters. The molecule has 1 saturated heterocycles. The van der Waals surface area contributed by atoms with Crippen molar-refractivity contribution in [2.45, 2.75) is 60.4 Å². The number of rotatable bonds is 3. The summed E-state index contributed by atoms with van der Waals surface area (Å²) in [6.07, 6.45) is 2.09. The number of amides is 1. The van der Waals surface area contributed by atoms with E-state index in [0.717, 1.165) is 13.0 Å². The molecule has 0 spiro atoms. The van der Waals surface area contributed by atoms with Gasteiger partial charge in [0.1, 0.15) is 0 Å². The lowest BCUT2D eigenvalue weighted by Gasteiger charge is -2.43. The fourth-order valence-corrected chi connectivity index (χ4v) is 3.25. The maximum absolute atomic E-state index is 12.8. The molecule has 1 fully saturated rings. The average Bonchev–Trinajstić information content (AvgIpc) is 2.28. The van der Waals surface area contributed by atoms with Crippen LogP contribution in [0.2, 0.25) is 0 Å². The first kappa shape index (κ1) is 16.5. The molecule has 0 bridgehead atoms. The van der Waals surface area contributed by atoms with Gasteiger partial charge < -0.3 is 10.6 Å². The quantitative estimate of drug-likeness (QED) is 0.855. The first-order valence-electron chi connectivity index (χ1n) is 7.66. The van der Waals surface area contributed by atoms with Crippen molar-refractivity contribution in [1.29, 1.82) is 0 Å². The third-order valence-corrected chi connectivity index (χ3v) is 4.37. The van der Waals surface area contributed by atoms with Crippen molar-refractivity contribution < 1.29 is 4.79 Å². The van der Waals surface area contributed by atoms with Crippen molar-refractivity contribution in [3.8, 4) is 0 Å². The van der Waals surface area contributed by atoms with E-state index in [9.17, 15) is 4.79 Å². The maximum Gasteiger partial charge on any atom is 0.227 e. The topological polar surface area (TPSA) is 46.3 Å². The minimum Gasteiger partial charge on any atom is -0.339 e. The molecule has 0 aliphatic carbocycles. The van der Waals surface area contributed by atoms with Gasteiger partial charge in [0.05, 0.1) is 5.92 Å². The minimum atomic E-state index is -0.0278. The van der Waals surface area contributed by atoms with E-state index in [0.29, 0.717) is 24.4 Å². The molecule has 112 valence electrons. The summed E-state index contributed by atoms with van der Waals surface area (Å²) in [6.45, 7) is 14.5. The highest BCUT2D eigenvalue weighted by molar-refractivity contribution is 5.79. The fourth-order valence-electron chi connectivity index (χ4n) is 3.25. The van der Waals surface area contributed by atoms with Crippen LogP contribution in [-0.2, 0) is 4.79 Å². The predicted molar refractivity (Wildman–Crippen MR) is 80.7 cm³/mol. The number of hydrogen-bond donors (Lipinski definition) is 1. The maximum atomic E-state index is 12.8. The lowest BCUT2D eigenvalue weighted by Crippen LogP contribution is -2.52. The molecule has 3 heteroatoms. The van der Waals surface area contributed by atoms with Crippen LogP contribution in [0.1, 0.15) is 54.4 Å². The van der Waals surface area contributed by atoms with Gasteiger partial charge in [-0.05, 0) is 37.0 Å². The molecule has 0 aromatic carbocycles. The lowest BCUT2D eigenvalue weighted by atomic mass is 9.81. The Kier molecular flexibility index (Phi) is 5.43. The average molecular weight is 268 g/mol. The summed E-state index contributed by atoms with van der Waals surface area (Å²) in [6, 6.07) is 0.345. The summed E-state index contributed by atoms with van der Waals surface area (Å²) in [5.74, 6) is 1.42. The van der Waals surface area contributed by atoms with Gasteiger partial charge in [-0.3, -0.25) is 4.79 Å². The van der Waals surface area contributed by atoms with Gasteiger partial charge in [0.25, 0.3) is 0 Å². The van der Waals surface area contributed by atoms with E-state index >= 15 is 0 Å². The summed E-state index contributed by atoms with van der Waals surface area (Å²) < 4.78 is 0. The Bertz CT molecular complexity index is 308. The summed E-state index contributed by atoms with van der Waals surface area (Å²) in [4.78, 5) is 14.8. The van der Waals surface area contributed by atoms with Crippen LogP contribution in [-0.4, -0.2) is 29.9 Å². The zero-order valence-corrected chi connectivity index (χ0v) is 13.6. The van der Waals surface area contributed by atoms with Crippen LogP contribution in [0.15, 0.2) is 0 Å². The van der Waals surface area contributed by atoms with E-state index in [1.807, 2.05) is 0 Å². The molecule has 4 unspecified atom stereocenters. The van der Waals surface area contributed by atoms with Crippen LogP contribution < -0.4 is 5.73 Å². The number of carbonyl (C=O) groups excluding carboxylic acids is 1. The Hall–Kier alpha value is -0.570. The normalized spacial score (nSPS) is 30.3. The minimum absolute atomic E-state index is 0.0278. The van der Waals surface area contributed by atoms with Crippen molar-refractivity contribution in [2.75, 3.05) is 13.1 Å². The van der Waals surface area contributed by atoms with E-state index in [2.05, 4.69) is 46.4 Å². The highest BCUT2D eigenvalue weighted by Crippen LogP contribution is 2.31. The van der Waals surface area contributed by atoms with Crippen LogP contribution in [0, 0.1) is 23.2 Å². The largest absolute Gasteiger partial charge is 0.339 e. The van der Waals surface area contributed by atoms with Crippen molar-refractivity contribution in [1.82, 2.24) is 4.90 Å². The van der Waals surface area contributed by atoms with Crippen LogP contribution >= 0.6 is 0 Å². The Balaban J connectivity index is 2.78. The van der Waals surface area contributed by atoms with Crippen molar-refractivity contribution in [3.05, 3.63) is 0 Å². The second-order valence-electron chi connectivity index (χ2n) is 7.75. The number of nitrogens with two attached hydrogens (primary N) is 1. The second kappa shape index (κ2) is 6.25. The third-order valence-electron chi connectivity index (χ3n) is 4.37. The first-order valence-corrected chi connectivity index (χ1v) is 7.66. The number of carbonyl (C=O) groups is 1. The van der Waals surface area contributed by atoms with Crippen molar-refractivity contribution in [2.24, 2.45) is 28.9 Å². The fraction of sp³-hybridized carbons (Fsp3) is 0.938. The lowest BCUT2D eigenvalue weighted by molar-refractivity contribution is -0.142. The highest BCUT2D eigenvalue weighted by atomic mass is 16.2. The van der Waals surface area contributed by atoms with Crippen LogP contribution in [0.5, 0.6) is 0 Å². The smallest absolute Gasteiger partial charge is 0.227 e. The van der Waals surface area contributed by atoms with Gasteiger partial charge in [0.15, 0.2) is 0 Å². The summed E-state index contributed by atoms with van der Waals surface area (Å²) in [7, 11) is 0. The molecule has 1 amide bonds. The molecular weight excluding hydrogens is 236 g/mol. The molecule has 3 nitrogen and oxygen atoms in total. The summed E-state index contributed by atoms with van der Waals surface area (Å²) >= 11 is 0. The number of nitrogens with zero attached hydrogens (tertiary/aromatic N) is 1. The molecule has 1 aliphatic rings. The molecule has 1 rings (SSSR count). The molecule has 0 radical (unpaired) electrons. The number of hydrogen-bond acceptors (Lipinski definition) is 2. The predicted octanol–water partition coefficient (Wildman–Crippen LogP) is 2.89. The van der Waals surface area contributed by atoms with E-state index in [1.54, 1.807) is 0 Å². The van der Waals surface area contributed by atoms with Crippen LogP contribution in [0.4, 0.5) is 0 Å². The molecular formula is C16H32N2O. The molecule has 2 N–H and O–H groups in total. The molecule has 0 aromatic rings. The number of piperidine rings is 1. The third kappa shape index (κ3) is 4.48. The van der Waals surface area contributed by atoms with E-state index in [-0.39, 0.29) is 17.2 Å². The van der Waals surface area contributed by atoms with Gasteiger partial charge in [0.2, 0.25) is 5.91 Å². The zero-order valence-electron chi connectivity index (χ0n) is 13.6. The molecule has 0 aromatic heterocycles. The van der Waals surface area contributed by atoms with Gasteiger partial charge in [-0.2, -0.15) is 0 Å². The SMILES string of the molecule is CC1CC(C)C(C)N(C(=O)C(CN)CC(C)(C)C)C1. The van der Waals surface area contributed by atoms with E-state index < -0.39 is 0 Å². The van der Waals surface area contributed by atoms with E-state index in [1.165, 1.54) is 6.42 Å². The van der Waals surface area contributed by atoms with Gasteiger partial charge in [-0.25, -0.2) is 0 Å². The Labute approximate surface area is 118 Å². The van der Waals surface area contributed by atoms with Crippen LogP contribution in [0.25, 0.3) is 0 Å². The Morgan fingerprint density at radius 3 is 2.37 bits per heavy atom. The Morgan fingerprint density at radius 1 is 1.32 bits per heavy atom. The second-order valence-corrected chi connectivity index (χ2v) is 7.75. The number of likely N-dealkylation sites (tertiary alicyclic amines) is 1. The van der Waals surface area contributed by atoms with Gasteiger partial charge in [-0.15, -0.1) is 0 Å². The van der Waals surface area contributed by atoms with Crippen molar-refractivity contribution in [3.63, 3.8) is 0 Å². The standard InChI is InChI=1S/C16H32N2O/c1-11-7-12(2)13(3)18(10-11)15(19)14(9-17)8-16(4,5)6/h11-14H,7-10,17H2,1-6H3. The van der Waals surface area contributed by atoms with Gasteiger partial charge in [0, 0.05) is 19.1 Å². The summed E-state index contributed by atoms with van der Waals surface area (Å²) in [5, 5.41) is 0. The van der Waals surface area contributed by atoms with E-state index in [4.69, 9.17) is 5.73 Å².